The molecule has 0 radical (unpaired) electrons. The molecule has 1 aliphatic heterocycles. The maximum Gasteiger partial charge on any atom is 0.295 e. The van der Waals surface area contributed by atoms with E-state index in [4.69, 9.17) is 9.47 Å². The number of amides is 1. The van der Waals surface area contributed by atoms with E-state index in [2.05, 4.69) is 25.7 Å². The highest BCUT2D eigenvalue weighted by Crippen LogP contribution is 2.41. The predicted octanol–water partition coefficient (Wildman–Crippen LogP) is 6.81. The molecule has 0 spiro atoms. The molecule has 1 fully saturated rings. The van der Waals surface area contributed by atoms with Gasteiger partial charge in [-0.3, -0.25) is 9.59 Å². The second-order valence-corrected chi connectivity index (χ2v) is 10.1. The van der Waals surface area contributed by atoms with Crippen LogP contribution < -0.4 is 9.47 Å². The first-order chi connectivity index (χ1) is 20.0. The van der Waals surface area contributed by atoms with Crippen molar-refractivity contribution in [3.05, 3.63) is 95.6 Å². The van der Waals surface area contributed by atoms with Crippen LogP contribution >= 0.6 is 0 Å². The van der Waals surface area contributed by atoms with E-state index in [9.17, 15) is 14.7 Å². The number of aliphatic hydroxyl groups excluding tert-OH is 1. The van der Waals surface area contributed by atoms with E-state index in [1.165, 1.54) is 0 Å². The van der Waals surface area contributed by atoms with Crippen LogP contribution in [-0.2, 0) is 9.59 Å². The molecule has 0 saturated carbocycles. The molecule has 7 heteroatoms. The molecule has 4 rings (SSSR count). The minimum absolute atomic E-state index is 0.0781. The predicted molar refractivity (Wildman–Crippen MR) is 161 cm³/mol. The number of aliphatic hydroxyl groups is 1. The number of benzene rings is 3. The quantitative estimate of drug-likeness (QED) is 0.102. The van der Waals surface area contributed by atoms with E-state index in [0.29, 0.717) is 47.9 Å². The summed E-state index contributed by atoms with van der Waals surface area (Å²) in [4.78, 5) is 30.7. The van der Waals surface area contributed by atoms with Gasteiger partial charge in [-0.15, -0.1) is 0 Å². The van der Waals surface area contributed by atoms with Gasteiger partial charge in [-0.05, 0) is 86.6 Å². The minimum atomic E-state index is -0.744. The summed E-state index contributed by atoms with van der Waals surface area (Å²) in [6.45, 7) is 9.94. The SMILES string of the molecule is CCCCOc1ccc(C(O)=C2C(=O)C(=O)N(CCCN(CC)CC)[C@@H]2c2cccc(Oc3ccccc3)c2)cc1. The summed E-state index contributed by atoms with van der Waals surface area (Å²) >= 11 is 0. The summed E-state index contributed by atoms with van der Waals surface area (Å²) in [5.74, 6) is 0.455. The molecule has 1 heterocycles. The largest absolute Gasteiger partial charge is 0.507 e. The number of Topliss-reactive ketones (excluding diaryl/α,β-unsaturated/α-hetero) is 1. The van der Waals surface area contributed by atoms with Gasteiger partial charge in [0.2, 0.25) is 0 Å². The van der Waals surface area contributed by atoms with Crippen LogP contribution in [0.15, 0.2) is 84.4 Å². The van der Waals surface area contributed by atoms with Crippen molar-refractivity contribution in [3.8, 4) is 17.2 Å². The molecule has 0 bridgehead atoms. The molecule has 3 aromatic rings. The number of unbranched alkanes of at least 4 members (excludes halogenated alkanes) is 1. The zero-order valence-corrected chi connectivity index (χ0v) is 24.2. The molecular weight excluding hydrogens is 516 g/mol. The van der Waals surface area contributed by atoms with E-state index in [0.717, 1.165) is 32.5 Å². The third-order valence-corrected chi connectivity index (χ3v) is 7.35. The smallest absolute Gasteiger partial charge is 0.295 e. The topological polar surface area (TPSA) is 79.3 Å². The van der Waals surface area contributed by atoms with Crippen LogP contribution in [0.25, 0.3) is 5.76 Å². The fourth-order valence-electron chi connectivity index (χ4n) is 5.03. The summed E-state index contributed by atoms with van der Waals surface area (Å²) < 4.78 is 11.8. The molecule has 1 atom stereocenters. The van der Waals surface area contributed by atoms with Gasteiger partial charge in [-0.2, -0.15) is 0 Å². The molecular formula is C34H40N2O5. The minimum Gasteiger partial charge on any atom is -0.507 e. The third kappa shape index (κ3) is 7.35. The molecule has 1 amide bonds. The molecule has 3 aromatic carbocycles. The Morgan fingerprint density at radius 2 is 1.56 bits per heavy atom. The molecule has 216 valence electrons. The van der Waals surface area contributed by atoms with Crippen LogP contribution in [0.5, 0.6) is 17.2 Å². The van der Waals surface area contributed by atoms with Gasteiger partial charge < -0.3 is 24.4 Å². The Balaban J connectivity index is 1.69. The first kappa shape index (κ1) is 29.9. The number of hydrogen-bond acceptors (Lipinski definition) is 6. The van der Waals surface area contributed by atoms with Gasteiger partial charge in [0.25, 0.3) is 11.7 Å². The van der Waals surface area contributed by atoms with Crippen molar-refractivity contribution in [1.82, 2.24) is 9.80 Å². The Bertz CT molecular complexity index is 1330. The van der Waals surface area contributed by atoms with Gasteiger partial charge >= 0.3 is 0 Å². The number of carbonyl (C=O) groups excluding carboxylic acids is 2. The number of ketones is 1. The maximum atomic E-state index is 13.5. The molecule has 1 aliphatic rings. The molecule has 7 nitrogen and oxygen atoms in total. The van der Waals surface area contributed by atoms with Gasteiger partial charge in [0.1, 0.15) is 23.0 Å². The highest BCUT2D eigenvalue weighted by Gasteiger charge is 2.46. The van der Waals surface area contributed by atoms with Crippen LogP contribution in [0, 0.1) is 0 Å². The van der Waals surface area contributed by atoms with Gasteiger partial charge in [0.05, 0.1) is 18.2 Å². The molecule has 0 aliphatic carbocycles. The third-order valence-electron chi connectivity index (χ3n) is 7.35. The van der Waals surface area contributed by atoms with Crippen molar-refractivity contribution in [2.45, 2.75) is 46.1 Å². The van der Waals surface area contributed by atoms with Gasteiger partial charge in [0.15, 0.2) is 0 Å². The van der Waals surface area contributed by atoms with Crippen molar-refractivity contribution < 1.29 is 24.2 Å². The average molecular weight is 557 g/mol. The van der Waals surface area contributed by atoms with E-state index in [-0.39, 0.29) is 11.3 Å². The zero-order valence-electron chi connectivity index (χ0n) is 24.2. The lowest BCUT2D eigenvalue weighted by molar-refractivity contribution is -0.140. The molecule has 1 N–H and O–H groups in total. The molecule has 0 unspecified atom stereocenters. The van der Waals surface area contributed by atoms with Crippen molar-refractivity contribution in [2.75, 3.05) is 32.8 Å². The summed E-state index contributed by atoms with van der Waals surface area (Å²) in [5.41, 5.74) is 1.23. The number of likely N-dealkylation sites (tertiary alicyclic amines) is 1. The highest BCUT2D eigenvalue weighted by molar-refractivity contribution is 6.46. The van der Waals surface area contributed by atoms with Crippen molar-refractivity contribution in [2.24, 2.45) is 0 Å². The number of hydrogen-bond donors (Lipinski definition) is 1. The normalized spacial score (nSPS) is 16.4. The lowest BCUT2D eigenvalue weighted by atomic mass is 9.95. The van der Waals surface area contributed by atoms with E-state index in [1.54, 1.807) is 29.2 Å². The Morgan fingerprint density at radius 3 is 2.24 bits per heavy atom. The lowest BCUT2D eigenvalue weighted by Gasteiger charge is -2.27. The number of para-hydroxylation sites is 1. The molecule has 0 aromatic heterocycles. The van der Waals surface area contributed by atoms with Crippen LogP contribution in [0.4, 0.5) is 0 Å². The first-order valence-corrected chi connectivity index (χ1v) is 14.5. The number of ether oxygens (including phenoxy) is 2. The maximum absolute atomic E-state index is 13.5. The molecule has 41 heavy (non-hydrogen) atoms. The number of nitrogens with zero attached hydrogens (tertiary/aromatic N) is 2. The van der Waals surface area contributed by atoms with Gasteiger partial charge in [-0.1, -0.05) is 57.5 Å². The Morgan fingerprint density at radius 1 is 0.854 bits per heavy atom. The Labute approximate surface area is 243 Å². The van der Waals surface area contributed by atoms with Crippen LogP contribution in [0.1, 0.15) is 57.2 Å². The Hall–Kier alpha value is -4.10. The summed E-state index contributed by atoms with van der Waals surface area (Å²) in [7, 11) is 0. The summed E-state index contributed by atoms with van der Waals surface area (Å²) in [6, 6.07) is 23.0. The van der Waals surface area contributed by atoms with E-state index >= 15 is 0 Å². The number of carbonyl (C=O) groups is 2. The second kappa shape index (κ2) is 14.5. The lowest BCUT2D eigenvalue weighted by Crippen LogP contribution is -2.33. The monoisotopic (exact) mass is 556 g/mol. The van der Waals surface area contributed by atoms with Crippen molar-refractivity contribution in [3.63, 3.8) is 0 Å². The van der Waals surface area contributed by atoms with Crippen LogP contribution in [0.2, 0.25) is 0 Å². The van der Waals surface area contributed by atoms with Crippen LogP contribution in [-0.4, -0.2) is 59.4 Å². The van der Waals surface area contributed by atoms with Gasteiger partial charge in [-0.25, -0.2) is 0 Å². The number of rotatable bonds is 14. The van der Waals surface area contributed by atoms with Gasteiger partial charge in [0, 0.05) is 12.1 Å². The zero-order chi connectivity index (χ0) is 29.2. The average Bonchev–Trinajstić information content (AvgIpc) is 3.25. The second-order valence-electron chi connectivity index (χ2n) is 10.1. The summed E-state index contributed by atoms with van der Waals surface area (Å²) in [5, 5.41) is 11.5. The highest BCUT2D eigenvalue weighted by atomic mass is 16.5. The van der Waals surface area contributed by atoms with E-state index < -0.39 is 17.7 Å². The van der Waals surface area contributed by atoms with Crippen LogP contribution in [0.3, 0.4) is 0 Å². The fraction of sp³-hybridized carbons (Fsp3) is 0.353. The van der Waals surface area contributed by atoms with Crippen molar-refractivity contribution in [1.29, 1.82) is 0 Å². The standard InChI is InChI=1S/C34H40N2O5/c1-4-7-23-40-27-19-17-25(18-20-27)32(37)30-31(36(34(39)33(30)38)22-12-21-35(5-2)6-3)26-13-11-16-29(24-26)41-28-14-9-8-10-15-28/h8-11,13-20,24,31,37H,4-7,12,21-23H2,1-3H3/t31-/m1/s1. The fourth-order valence-corrected chi connectivity index (χ4v) is 5.03. The Kier molecular flexibility index (Phi) is 10.6. The summed E-state index contributed by atoms with van der Waals surface area (Å²) in [6.07, 6.45) is 2.69. The first-order valence-electron chi connectivity index (χ1n) is 14.5. The van der Waals surface area contributed by atoms with E-state index in [1.807, 2.05) is 54.6 Å². The molecule has 1 saturated heterocycles. The van der Waals surface area contributed by atoms with Crippen molar-refractivity contribution >= 4 is 17.4 Å².